The highest BCUT2D eigenvalue weighted by atomic mass is 16.6. The molecule has 0 aliphatic carbocycles. The van der Waals surface area contributed by atoms with Gasteiger partial charge in [0.1, 0.15) is 6.61 Å². The van der Waals surface area contributed by atoms with Gasteiger partial charge in [0.05, 0.1) is 5.52 Å². The van der Waals surface area contributed by atoms with Crippen LogP contribution < -0.4 is 20.3 Å². The van der Waals surface area contributed by atoms with Crippen molar-refractivity contribution < 1.29 is 14.3 Å². The average molecular weight is 467 g/mol. The van der Waals surface area contributed by atoms with Crippen molar-refractivity contribution in [3.8, 4) is 11.5 Å². The van der Waals surface area contributed by atoms with E-state index >= 15 is 0 Å². The molecule has 0 aliphatic rings. The Morgan fingerprint density at radius 2 is 1.91 bits per heavy atom. The van der Waals surface area contributed by atoms with Gasteiger partial charge < -0.3 is 19.4 Å². The van der Waals surface area contributed by atoms with E-state index in [0.717, 1.165) is 42.3 Å². The zero-order valence-corrected chi connectivity index (χ0v) is 21.2. The summed E-state index contributed by atoms with van der Waals surface area (Å²) in [5, 5.41) is 4.00. The quantitative estimate of drug-likeness (QED) is 0.273. The normalized spacial score (nSPS) is 11.3. The van der Waals surface area contributed by atoms with Crippen molar-refractivity contribution >= 4 is 22.6 Å². The molecule has 0 bridgehead atoms. The molecule has 1 heterocycles. The number of nitrogens with one attached hydrogen (secondary N) is 1. The lowest BCUT2D eigenvalue weighted by molar-refractivity contribution is -0.132. The lowest BCUT2D eigenvalue weighted by atomic mass is 10.1. The molecule has 0 saturated heterocycles. The zero-order chi connectivity index (χ0) is 25.1. The second-order valence-corrected chi connectivity index (χ2v) is 8.65. The number of carbonyl (C=O) groups excluding carboxylic acids is 1. The van der Waals surface area contributed by atoms with Gasteiger partial charge in [-0.25, -0.2) is 0 Å². The lowest BCUT2D eigenvalue weighted by Crippen LogP contribution is -2.25. The smallest absolute Gasteiger partial charge is 0.308 e. The summed E-state index contributed by atoms with van der Waals surface area (Å²) < 4.78 is 13.2. The largest absolute Gasteiger partial charge is 0.485 e. The maximum Gasteiger partial charge on any atom is 0.308 e. The molecule has 0 aliphatic heterocycles. The fraction of sp³-hybridized carbons (Fsp3) is 0.429. The Morgan fingerprint density at radius 3 is 2.56 bits per heavy atom. The third-order valence-corrected chi connectivity index (χ3v) is 5.36. The van der Waals surface area contributed by atoms with Crippen LogP contribution in [0.5, 0.6) is 11.5 Å². The Bertz CT molecular complexity index is 1120. The summed E-state index contributed by atoms with van der Waals surface area (Å²) in [7, 11) is 0. The molecule has 0 fully saturated rings. The summed E-state index contributed by atoms with van der Waals surface area (Å²) in [5.41, 5.74) is 3.74. The fourth-order valence-corrected chi connectivity index (χ4v) is 3.57. The van der Waals surface area contributed by atoms with E-state index in [4.69, 9.17) is 9.47 Å². The Hall–Kier alpha value is -3.28. The third kappa shape index (κ3) is 7.65. The molecule has 6 nitrogen and oxygen atoms in total. The number of aromatic nitrogens is 1. The predicted molar refractivity (Wildman–Crippen MR) is 141 cm³/mol. The van der Waals surface area contributed by atoms with Crippen LogP contribution in [0.1, 0.15) is 60.3 Å². The first-order valence-electron chi connectivity index (χ1n) is 11.9. The van der Waals surface area contributed by atoms with Crippen molar-refractivity contribution in [2.24, 2.45) is 0 Å². The molecular weight excluding hydrogens is 428 g/mol. The monoisotopic (exact) mass is 466 g/mol. The molecule has 2 rings (SSSR count). The molecule has 0 unspecified atom stereocenters. The number of aryl methyl sites for hydroxylation is 1. The van der Waals surface area contributed by atoms with E-state index in [-0.39, 0.29) is 17.9 Å². The van der Waals surface area contributed by atoms with Gasteiger partial charge in [-0.2, -0.15) is 0 Å². The van der Waals surface area contributed by atoms with E-state index in [2.05, 4.69) is 45.7 Å². The highest BCUT2D eigenvalue weighted by molar-refractivity contribution is 5.91. The first kappa shape index (κ1) is 27.0. The minimum atomic E-state index is -0.555. The summed E-state index contributed by atoms with van der Waals surface area (Å²) in [4.78, 5) is 25.3. The molecule has 0 amide bonds. The molecule has 2 aromatic rings. The maximum atomic E-state index is 13.4. The predicted octanol–water partition coefficient (Wildman–Crippen LogP) is 6.40. The number of unbranched alkanes of at least 4 members (excludes halogenated alkanes) is 1. The second kappa shape index (κ2) is 13.4. The van der Waals surface area contributed by atoms with E-state index in [1.807, 2.05) is 24.3 Å². The van der Waals surface area contributed by atoms with Crippen molar-refractivity contribution in [2.45, 2.75) is 66.8 Å². The minimum absolute atomic E-state index is 0.0569. The van der Waals surface area contributed by atoms with Crippen molar-refractivity contribution in [3.63, 3.8) is 0 Å². The average Bonchev–Trinajstić information content (AvgIpc) is 2.78. The van der Waals surface area contributed by atoms with E-state index in [9.17, 15) is 9.59 Å². The lowest BCUT2D eigenvalue weighted by Gasteiger charge is -2.18. The first-order valence-corrected chi connectivity index (χ1v) is 11.9. The molecule has 0 spiro atoms. The van der Waals surface area contributed by atoms with Crippen molar-refractivity contribution in [2.75, 3.05) is 18.5 Å². The Morgan fingerprint density at radius 1 is 1.15 bits per heavy atom. The molecule has 184 valence electrons. The van der Waals surface area contributed by atoms with Crippen LogP contribution in [0.2, 0.25) is 0 Å². The van der Waals surface area contributed by atoms with Gasteiger partial charge in [0.2, 0.25) is 5.75 Å². The van der Waals surface area contributed by atoms with Crippen molar-refractivity contribution in [3.05, 3.63) is 64.5 Å². The van der Waals surface area contributed by atoms with Crippen LogP contribution in [0.3, 0.4) is 0 Å². The zero-order valence-electron chi connectivity index (χ0n) is 21.2. The van der Waals surface area contributed by atoms with Crippen molar-refractivity contribution in [1.82, 2.24) is 4.57 Å². The maximum absolute atomic E-state index is 13.4. The summed E-state index contributed by atoms with van der Waals surface area (Å²) in [6.45, 7) is 14.8. The number of benzene rings is 1. The number of pyridine rings is 1. The molecule has 1 aromatic carbocycles. The number of carbonyl (C=O) groups is 1. The Balaban J connectivity index is 2.53. The minimum Gasteiger partial charge on any atom is -0.485 e. The first-order chi connectivity index (χ1) is 16.3. The number of hydrogen-bond acceptors (Lipinski definition) is 5. The third-order valence-electron chi connectivity index (χ3n) is 5.36. The van der Waals surface area contributed by atoms with E-state index < -0.39 is 5.97 Å². The van der Waals surface area contributed by atoms with Gasteiger partial charge in [-0.3, -0.25) is 9.59 Å². The number of rotatable bonds is 13. The van der Waals surface area contributed by atoms with Gasteiger partial charge in [0, 0.05) is 31.1 Å². The molecule has 0 atom stereocenters. The highest BCUT2D eigenvalue weighted by Gasteiger charge is 2.21. The molecule has 6 heteroatoms. The van der Waals surface area contributed by atoms with Gasteiger partial charge >= 0.3 is 5.97 Å². The van der Waals surface area contributed by atoms with Gasteiger partial charge in [-0.05, 0) is 64.3 Å². The van der Waals surface area contributed by atoms with Gasteiger partial charge in [0.15, 0.2) is 5.75 Å². The van der Waals surface area contributed by atoms with E-state index in [1.54, 1.807) is 10.6 Å². The fourth-order valence-electron chi connectivity index (χ4n) is 3.57. The van der Waals surface area contributed by atoms with Crippen LogP contribution >= 0.6 is 0 Å². The van der Waals surface area contributed by atoms with Crippen molar-refractivity contribution in [1.29, 1.82) is 0 Å². The molecule has 34 heavy (non-hydrogen) atoms. The van der Waals surface area contributed by atoms with Crippen LogP contribution in [0.15, 0.2) is 58.9 Å². The Labute approximate surface area is 203 Å². The number of esters is 1. The number of anilines is 1. The SMILES string of the molecule is C=CCNc1ccc2c(OC/C=C(\C)CCC=C(C)C)c(OC(C)=O)c(=O)n(CCCC)c2c1. The van der Waals surface area contributed by atoms with Crippen LogP contribution in [0, 0.1) is 0 Å². The molecule has 0 radical (unpaired) electrons. The molecule has 0 saturated carbocycles. The van der Waals surface area contributed by atoms with E-state index in [0.29, 0.717) is 18.8 Å². The number of fused-ring (bicyclic) bond motifs is 1. The van der Waals surface area contributed by atoms with Gasteiger partial charge in [-0.15, -0.1) is 6.58 Å². The van der Waals surface area contributed by atoms with Gasteiger partial charge in [0.25, 0.3) is 5.56 Å². The Kier molecular flexibility index (Phi) is 10.7. The van der Waals surface area contributed by atoms with Crippen LogP contribution in [-0.2, 0) is 11.3 Å². The standard InChI is InChI=1S/C28H38N2O4/c1-7-9-17-30-25-19-23(29-16-8-2)13-14-24(25)26(27(28(30)32)34-22(6)31)33-18-15-21(5)12-10-11-20(3)4/h8,11,13-15,19,29H,2,7,9-10,12,16-18H2,1,3-6H3/b21-15+. The molecule has 1 aromatic heterocycles. The van der Waals surface area contributed by atoms with Crippen LogP contribution in [-0.4, -0.2) is 23.7 Å². The molecule has 1 N–H and O–H groups in total. The number of ether oxygens (including phenoxy) is 2. The number of allylic oxidation sites excluding steroid dienone is 3. The summed E-state index contributed by atoms with van der Waals surface area (Å²) >= 11 is 0. The highest BCUT2D eigenvalue weighted by Crippen LogP contribution is 2.34. The molecular formula is C28H38N2O4. The second-order valence-electron chi connectivity index (χ2n) is 8.65. The topological polar surface area (TPSA) is 69.6 Å². The van der Waals surface area contributed by atoms with Crippen LogP contribution in [0.25, 0.3) is 10.9 Å². The van der Waals surface area contributed by atoms with Crippen LogP contribution in [0.4, 0.5) is 5.69 Å². The van der Waals surface area contributed by atoms with E-state index in [1.165, 1.54) is 18.1 Å². The summed E-state index contributed by atoms with van der Waals surface area (Å²) in [5.74, 6) is -0.314. The number of hydrogen-bond donors (Lipinski definition) is 1. The summed E-state index contributed by atoms with van der Waals surface area (Å²) in [6, 6.07) is 5.75. The number of nitrogens with zero attached hydrogens (tertiary/aromatic N) is 1. The van der Waals surface area contributed by atoms with Gasteiger partial charge in [-0.1, -0.05) is 36.6 Å². The summed E-state index contributed by atoms with van der Waals surface area (Å²) in [6.07, 6.45) is 9.65.